The van der Waals surface area contributed by atoms with Crippen LogP contribution in [0.4, 0.5) is 0 Å². The van der Waals surface area contributed by atoms with Crippen molar-refractivity contribution in [3.8, 4) is 0 Å². The summed E-state index contributed by atoms with van der Waals surface area (Å²) in [5.74, 6) is 0. The van der Waals surface area contributed by atoms with Crippen LogP contribution in [0.2, 0.25) is 0 Å². The summed E-state index contributed by atoms with van der Waals surface area (Å²) in [6.45, 7) is 5.01. The Hall–Kier alpha value is 0.190. The van der Waals surface area contributed by atoms with Crippen LogP contribution in [0.15, 0.2) is 0 Å². The van der Waals surface area contributed by atoms with Crippen LogP contribution < -0.4 is 5.09 Å². The largest absolute Gasteiger partial charge is 0.306 e. The van der Waals surface area contributed by atoms with Gasteiger partial charge in [0.25, 0.3) is 0 Å². The molecule has 0 aromatic heterocycles. The van der Waals surface area contributed by atoms with Crippen molar-refractivity contribution in [3.63, 3.8) is 0 Å². The molecule has 0 radical (unpaired) electrons. The lowest BCUT2D eigenvalue weighted by molar-refractivity contribution is 0.566. The number of hydrogen-bond acceptors (Lipinski definition) is 1. The molecule has 0 spiro atoms. The summed E-state index contributed by atoms with van der Waals surface area (Å²) in [5.41, 5.74) is 0.333. The SMILES string of the molecule is CC(C)P1(=O)CCCN1. The standard InChI is InChI=1S/C6H14NOP/c1-6(2)9(8)5-3-4-7-9/h6H,3-5H2,1-2H3,(H,7,8). The Kier molecular flexibility index (Phi) is 1.97. The summed E-state index contributed by atoms with van der Waals surface area (Å²) in [7, 11) is -1.89. The first-order valence-corrected chi connectivity index (χ1v) is 5.45. The minimum atomic E-state index is -1.89. The maximum Gasteiger partial charge on any atom is 0.150 e. The lowest BCUT2D eigenvalue weighted by Gasteiger charge is -2.14. The molecule has 2 nitrogen and oxygen atoms in total. The van der Waals surface area contributed by atoms with E-state index in [1.165, 1.54) is 0 Å². The zero-order chi connectivity index (χ0) is 6.91. The Bertz CT molecular complexity index is 134. The molecule has 0 aromatic rings. The van der Waals surface area contributed by atoms with Crippen LogP contribution in [-0.2, 0) is 4.57 Å². The minimum absolute atomic E-state index is 0.333. The molecule has 0 aliphatic carbocycles. The van der Waals surface area contributed by atoms with Gasteiger partial charge in [0.2, 0.25) is 0 Å². The Morgan fingerprint density at radius 1 is 1.56 bits per heavy atom. The summed E-state index contributed by atoms with van der Waals surface area (Å²) in [5, 5.41) is 3.09. The number of hydrogen-bond donors (Lipinski definition) is 1. The van der Waals surface area contributed by atoms with Gasteiger partial charge >= 0.3 is 0 Å². The first kappa shape index (κ1) is 7.30. The van der Waals surface area contributed by atoms with Crippen molar-refractivity contribution >= 4 is 7.29 Å². The van der Waals surface area contributed by atoms with Gasteiger partial charge in [-0.05, 0) is 6.42 Å². The van der Waals surface area contributed by atoms with E-state index < -0.39 is 7.29 Å². The average Bonchev–Trinajstić information content (AvgIpc) is 2.16. The Morgan fingerprint density at radius 3 is 2.44 bits per heavy atom. The second-order valence-corrected chi connectivity index (χ2v) is 6.26. The molecule has 9 heavy (non-hydrogen) atoms. The third-order valence-electron chi connectivity index (χ3n) is 1.88. The van der Waals surface area contributed by atoms with E-state index in [0.717, 1.165) is 19.1 Å². The molecule has 1 rings (SSSR count). The van der Waals surface area contributed by atoms with Crippen LogP contribution in [0, 0.1) is 0 Å². The molecule has 3 heteroatoms. The number of rotatable bonds is 1. The monoisotopic (exact) mass is 147 g/mol. The average molecular weight is 147 g/mol. The summed E-state index contributed by atoms with van der Waals surface area (Å²) in [4.78, 5) is 0. The molecule has 1 fully saturated rings. The summed E-state index contributed by atoms with van der Waals surface area (Å²) in [6, 6.07) is 0. The first-order valence-electron chi connectivity index (χ1n) is 3.49. The van der Waals surface area contributed by atoms with Crippen LogP contribution >= 0.6 is 7.29 Å². The fourth-order valence-electron chi connectivity index (χ4n) is 1.10. The third kappa shape index (κ3) is 1.36. The maximum absolute atomic E-state index is 11.6. The van der Waals surface area contributed by atoms with E-state index in [-0.39, 0.29) is 0 Å². The highest BCUT2D eigenvalue weighted by atomic mass is 31.2. The van der Waals surface area contributed by atoms with Crippen molar-refractivity contribution in [3.05, 3.63) is 0 Å². The van der Waals surface area contributed by atoms with Crippen LogP contribution in [0.3, 0.4) is 0 Å². The van der Waals surface area contributed by atoms with Gasteiger partial charge in [-0.2, -0.15) is 0 Å². The molecule has 1 atom stereocenters. The van der Waals surface area contributed by atoms with E-state index in [1.54, 1.807) is 0 Å². The lowest BCUT2D eigenvalue weighted by atomic mass is 10.5. The molecule has 54 valence electrons. The molecular weight excluding hydrogens is 133 g/mol. The van der Waals surface area contributed by atoms with Crippen LogP contribution in [0.1, 0.15) is 20.3 Å². The summed E-state index contributed by atoms with van der Waals surface area (Å²) >= 11 is 0. The molecule has 1 aliphatic rings. The number of nitrogens with one attached hydrogen (secondary N) is 1. The van der Waals surface area contributed by atoms with E-state index in [2.05, 4.69) is 5.09 Å². The first-order chi connectivity index (χ1) is 4.15. The fourth-order valence-corrected chi connectivity index (χ4v) is 3.31. The molecule has 1 unspecified atom stereocenters. The quantitative estimate of drug-likeness (QED) is 0.571. The Morgan fingerprint density at radius 2 is 2.22 bits per heavy atom. The van der Waals surface area contributed by atoms with Gasteiger partial charge in [0.05, 0.1) is 0 Å². The van der Waals surface area contributed by atoms with Gasteiger partial charge in [-0.3, -0.25) is 5.09 Å². The van der Waals surface area contributed by atoms with Crippen LogP contribution in [0.25, 0.3) is 0 Å². The van der Waals surface area contributed by atoms with Crippen molar-refractivity contribution in [1.82, 2.24) is 5.09 Å². The predicted molar refractivity (Wildman–Crippen MR) is 40.2 cm³/mol. The molecule has 0 saturated carbocycles. The summed E-state index contributed by atoms with van der Waals surface area (Å²) < 4.78 is 11.6. The van der Waals surface area contributed by atoms with Crippen LogP contribution in [-0.4, -0.2) is 18.4 Å². The van der Waals surface area contributed by atoms with Gasteiger partial charge in [-0.15, -0.1) is 0 Å². The predicted octanol–water partition coefficient (Wildman–Crippen LogP) is 1.67. The van der Waals surface area contributed by atoms with Gasteiger partial charge in [0.15, 0.2) is 0 Å². The van der Waals surface area contributed by atoms with Crippen LogP contribution in [0.5, 0.6) is 0 Å². The Labute approximate surface area is 56.5 Å². The highest BCUT2D eigenvalue weighted by molar-refractivity contribution is 7.62. The van der Waals surface area contributed by atoms with Gasteiger partial charge in [0, 0.05) is 18.4 Å². The molecule has 0 aromatic carbocycles. The molecule has 1 aliphatic heterocycles. The van der Waals surface area contributed by atoms with Crippen molar-refractivity contribution in [1.29, 1.82) is 0 Å². The van der Waals surface area contributed by atoms with Gasteiger partial charge in [-0.25, -0.2) is 0 Å². The molecule has 1 N–H and O–H groups in total. The topological polar surface area (TPSA) is 29.1 Å². The summed E-state index contributed by atoms with van der Waals surface area (Å²) in [6.07, 6.45) is 2.00. The molecule has 1 saturated heterocycles. The van der Waals surface area contributed by atoms with Gasteiger partial charge < -0.3 is 4.57 Å². The fraction of sp³-hybridized carbons (Fsp3) is 1.00. The highest BCUT2D eigenvalue weighted by Gasteiger charge is 2.29. The molecule has 0 amide bonds. The van der Waals surface area contributed by atoms with E-state index >= 15 is 0 Å². The second-order valence-electron chi connectivity index (χ2n) is 2.87. The maximum atomic E-state index is 11.6. The minimum Gasteiger partial charge on any atom is -0.306 e. The zero-order valence-corrected chi connectivity index (χ0v) is 6.95. The Balaban J connectivity index is 2.62. The molecule has 0 bridgehead atoms. The molecule has 1 heterocycles. The van der Waals surface area contributed by atoms with Crippen molar-refractivity contribution in [2.75, 3.05) is 12.7 Å². The van der Waals surface area contributed by atoms with Crippen molar-refractivity contribution in [2.24, 2.45) is 0 Å². The third-order valence-corrected chi connectivity index (χ3v) is 5.29. The lowest BCUT2D eigenvalue weighted by Crippen LogP contribution is -2.09. The van der Waals surface area contributed by atoms with Gasteiger partial charge in [0.1, 0.15) is 7.29 Å². The van der Waals surface area contributed by atoms with E-state index in [4.69, 9.17) is 0 Å². The zero-order valence-electron chi connectivity index (χ0n) is 6.05. The smallest absolute Gasteiger partial charge is 0.150 e. The molecular formula is C6H14NOP. The van der Waals surface area contributed by atoms with E-state index in [1.807, 2.05) is 13.8 Å². The second kappa shape index (κ2) is 2.43. The van der Waals surface area contributed by atoms with Gasteiger partial charge in [-0.1, -0.05) is 13.8 Å². The highest BCUT2D eigenvalue weighted by Crippen LogP contribution is 2.49. The van der Waals surface area contributed by atoms with E-state index in [0.29, 0.717) is 5.66 Å². The van der Waals surface area contributed by atoms with Crippen molar-refractivity contribution in [2.45, 2.75) is 25.9 Å². The normalized spacial score (nSPS) is 35.9. The van der Waals surface area contributed by atoms with E-state index in [9.17, 15) is 4.57 Å². The van der Waals surface area contributed by atoms with Crippen molar-refractivity contribution < 1.29 is 4.57 Å².